The first-order chi connectivity index (χ1) is 5.70. The largest absolute Gasteiger partial charge is 0.481 e. The summed E-state index contributed by atoms with van der Waals surface area (Å²) < 4.78 is 5.21. The Kier molecular flexibility index (Phi) is 3.53. The maximum Gasteiger partial charge on any atom is 0.303 e. The summed E-state index contributed by atoms with van der Waals surface area (Å²) >= 11 is 0. The third-order valence-corrected chi connectivity index (χ3v) is 2.57. The van der Waals surface area contributed by atoms with Crippen LogP contribution >= 0.6 is 0 Å². The van der Waals surface area contributed by atoms with Crippen molar-refractivity contribution < 1.29 is 14.6 Å². The van der Waals surface area contributed by atoms with Gasteiger partial charge in [-0.3, -0.25) is 4.79 Å². The molecule has 0 saturated carbocycles. The highest BCUT2D eigenvalue weighted by Gasteiger charge is 2.21. The lowest BCUT2D eigenvalue weighted by Gasteiger charge is -2.26. The van der Waals surface area contributed by atoms with Crippen LogP contribution in [0.2, 0.25) is 0 Å². The van der Waals surface area contributed by atoms with Gasteiger partial charge in [0.2, 0.25) is 0 Å². The van der Waals surface area contributed by atoms with Crippen molar-refractivity contribution in [2.75, 3.05) is 13.2 Å². The molecule has 1 N–H and O–H groups in total. The Morgan fingerprint density at radius 2 is 2.17 bits per heavy atom. The van der Waals surface area contributed by atoms with E-state index in [-0.39, 0.29) is 0 Å². The fraction of sp³-hybridized carbons (Fsp3) is 0.889. The molecule has 1 aliphatic rings. The van der Waals surface area contributed by atoms with Crippen LogP contribution in [0, 0.1) is 11.8 Å². The molecular formula is C9H16O3. The summed E-state index contributed by atoms with van der Waals surface area (Å²) in [5.41, 5.74) is 0. The first kappa shape index (κ1) is 9.52. The summed E-state index contributed by atoms with van der Waals surface area (Å²) in [5, 5.41) is 8.58. The Morgan fingerprint density at radius 3 is 2.67 bits per heavy atom. The monoisotopic (exact) mass is 172 g/mol. The SMILES string of the molecule is CC(CC(=O)O)C1CCOCC1. The van der Waals surface area contributed by atoms with Gasteiger partial charge >= 0.3 is 5.97 Å². The van der Waals surface area contributed by atoms with Gasteiger partial charge in [-0.25, -0.2) is 0 Å². The molecule has 12 heavy (non-hydrogen) atoms. The molecule has 0 aliphatic carbocycles. The highest BCUT2D eigenvalue weighted by Crippen LogP contribution is 2.25. The zero-order valence-electron chi connectivity index (χ0n) is 7.45. The fourth-order valence-corrected chi connectivity index (χ4v) is 1.73. The molecule has 0 aromatic rings. The second-order valence-corrected chi connectivity index (χ2v) is 3.52. The Morgan fingerprint density at radius 1 is 1.58 bits per heavy atom. The lowest BCUT2D eigenvalue weighted by molar-refractivity contribution is -0.138. The van der Waals surface area contributed by atoms with Crippen LogP contribution in [0.3, 0.4) is 0 Å². The smallest absolute Gasteiger partial charge is 0.303 e. The van der Waals surface area contributed by atoms with Crippen LogP contribution in [0.5, 0.6) is 0 Å². The van der Waals surface area contributed by atoms with Gasteiger partial charge in [-0.1, -0.05) is 6.92 Å². The molecule has 1 fully saturated rings. The van der Waals surface area contributed by atoms with Crippen LogP contribution in [0.25, 0.3) is 0 Å². The van der Waals surface area contributed by atoms with Crippen LogP contribution in [0.4, 0.5) is 0 Å². The standard InChI is InChI=1S/C9H16O3/c1-7(6-9(10)11)8-2-4-12-5-3-8/h7-8H,2-6H2,1H3,(H,10,11). The summed E-state index contributed by atoms with van der Waals surface area (Å²) in [6.45, 7) is 3.62. The van der Waals surface area contributed by atoms with Gasteiger partial charge in [-0.05, 0) is 24.7 Å². The summed E-state index contributed by atoms with van der Waals surface area (Å²) in [7, 11) is 0. The van der Waals surface area contributed by atoms with E-state index in [1.165, 1.54) is 0 Å². The van der Waals surface area contributed by atoms with Crippen molar-refractivity contribution >= 4 is 5.97 Å². The van der Waals surface area contributed by atoms with E-state index in [9.17, 15) is 4.79 Å². The van der Waals surface area contributed by atoms with Gasteiger partial charge in [-0.15, -0.1) is 0 Å². The highest BCUT2D eigenvalue weighted by atomic mass is 16.5. The molecule has 3 heteroatoms. The number of rotatable bonds is 3. The average molecular weight is 172 g/mol. The van der Waals surface area contributed by atoms with Crippen molar-refractivity contribution in [2.24, 2.45) is 11.8 Å². The molecule has 0 radical (unpaired) electrons. The van der Waals surface area contributed by atoms with E-state index in [0.29, 0.717) is 18.3 Å². The van der Waals surface area contributed by atoms with Crippen LogP contribution in [-0.2, 0) is 9.53 Å². The van der Waals surface area contributed by atoms with Crippen molar-refractivity contribution in [3.8, 4) is 0 Å². The van der Waals surface area contributed by atoms with E-state index in [2.05, 4.69) is 0 Å². The van der Waals surface area contributed by atoms with Crippen molar-refractivity contribution in [2.45, 2.75) is 26.2 Å². The van der Waals surface area contributed by atoms with E-state index < -0.39 is 5.97 Å². The quantitative estimate of drug-likeness (QED) is 0.702. The summed E-state index contributed by atoms with van der Waals surface area (Å²) in [6, 6.07) is 0. The third-order valence-electron chi connectivity index (χ3n) is 2.57. The van der Waals surface area contributed by atoms with Crippen molar-refractivity contribution in [1.29, 1.82) is 0 Å². The summed E-state index contributed by atoms with van der Waals surface area (Å²) in [6.07, 6.45) is 2.34. The average Bonchev–Trinajstić information content (AvgIpc) is 2.05. The number of aliphatic carboxylic acids is 1. The number of carbonyl (C=O) groups is 1. The Labute approximate surface area is 72.7 Å². The third kappa shape index (κ3) is 2.81. The molecule has 0 spiro atoms. The second kappa shape index (κ2) is 4.45. The maximum atomic E-state index is 10.4. The van der Waals surface area contributed by atoms with E-state index in [1.807, 2.05) is 6.92 Å². The summed E-state index contributed by atoms with van der Waals surface area (Å²) in [4.78, 5) is 10.4. The number of carboxylic acid groups (broad SMARTS) is 1. The highest BCUT2D eigenvalue weighted by molar-refractivity contribution is 5.66. The number of ether oxygens (including phenoxy) is 1. The maximum absolute atomic E-state index is 10.4. The molecule has 1 saturated heterocycles. The van der Waals surface area contributed by atoms with Crippen molar-refractivity contribution in [1.82, 2.24) is 0 Å². The van der Waals surface area contributed by atoms with Gasteiger partial charge in [0, 0.05) is 19.6 Å². The Bertz CT molecular complexity index is 150. The van der Waals surface area contributed by atoms with E-state index >= 15 is 0 Å². The van der Waals surface area contributed by atoms with Crippen LogP contribution in [0.1, 0.15) is 26.2 Å². The minimum absolute atomic E-state index is 0.296. The number of hydrogen-bond acceptors (Lipinski definition) is 2. The molecule has 0 aromatic carbocycles. The summed E-state index contributed by atoms with van der Waals surface area (Å²) in [5.74, 6) is 0.162. The van der Waals surface area contributed by atoms with Gasteiger partial charge in [0.25, 0.3) is 0 Å². The first-order valence-electron chi connectivity index (χ1n) is 4.49. The minimum Gasteiger partial charge on any atom is -0.481 e. The van der Waals surface area contributed by atoms with Gasteiger partial charge < -0.3 is 9.84 Å². The lowest BCUT2D eigenvalue weighted by Crippen LogP contribution is -2.23. The molecule has 1 aliphatic heterocycles. The second-order valence-electron chi connectivity index (χ2n) is 3.52. The number of carboxylic acids is 1. The van der Waals surface area contributed by atoms with Gasteiger partial charge in [0.15, 0.2) is 0 Å². The molecule has 1 heterocycles. The molecule has 1 unspecified atom stereocenters. The Balaban J connectivity index is 2.29. The van der Waals surface area contributed by atoms with E-state index in [1.54, 1.807) is 0 Å². The fourth-order valence-electron chi connectivity index (χ4n) is 1.73. The molecule has 1 rings (SSSR count). The van der Waals surface area contributed by atoms with Crippen molar-refractivity contribution in [3.05, 3.63) is 0 Å². The number of hydrogen-bond donors (Lipinski definition) is 1. The normalized spacial score (nSPS) is 22.1. The first-order valence-corrected chi connectivity index (χ1v) is 4.49. The topological polar surface area (TPSA) is 46.5 Å². The van der Waals surface area contributed by atoms with E-state index in [0.717, 1.165) is 26.1 Å². The molecule has 0 amide bonds. The van der Waals surface area contributed by atoms with Crippen LogP contribution in [0.15, 0.2) is 0 Å². The van der Waals surface area contributed by atoms with Gasteiger partial charge in [0.05, 0.1) is 0 Å². The predicted molar refractivity (Wildman–Crippen MR) is 45.0 cm³/mol. The van der Waals surface area contributed by atoms with E-state index in [4.69, 9.17) is 9.84 Å². The minimum atomic E-state index is -0.686. The zero-order valence-corrected chi connectivity index (χ0v) is 7.45. The molecule has 70 valence electrons. The molecular weight excluding hydrogens is 156 g/mol. The van der Waals surface area contributed by atoms with Gasteiger partial charge in [0.1, 0.15) is 0 Å². The predicted octanol–water partition coefficient (Wildman–Crippen LogP) is 1.52. The Hall–Kier alpha value is -0.570. The van der Waals surface area contributed by atoms with Crippen LogP contribution in [-0.4, -0.2) is 24.3 Å². The van der Waals surface area contributed by atoms with Gasteiger partial charge in [-0.2, -0.15) is 0 Å². The molecule has 0 bridgehead atoms. The lowest BCUT2D eigenvalue weighted by atomic mass is 9.85. The van der Waals surface area contributed by atoms with Crippen molar-refractivity contribution in [3.63, 3.8) is 0 Å². The molecule has 1 atom stereocenters. The van der Waals surface area contributed by atoms with Crippen LogP contribution < -0.4 is 0 Å². The zero-order chi connectivity index (χ0) is 8.97. The molecule has 0 aromatic heterocycles. The molecule has 3 nitrogen and oxygen atoms in total.